The molecule has 0 saturated heterocycles. The maximum absolute atomic E-state index is 13.0. The van der Waals surface area contributed by atoms with Crippen LogP contribution in [-0.2, 0) is 11.3 Å². The van der Waals surface area contributed by atoms with Gasteiger partial charge in [-0.2, -0.15) is 5.10 Å². The number of para-hydroxylation sites is 2. The van der Waals surface area contributed by atoms with Gasteiger partial charge in [-0.3, -0.25) is 14.2 Å². The Morgan fingerprint density at radius 3 is 2.57 bits per heavy atom. The van der Waals surface area contributed by atoms with Gasteiger partial charge in [0.1, 0.15) is 11.6 Å². The van der Waals surface area contributed by atoms with Crippen LogP contribution in [0.25, 0.3) is 27.8 Å². The Hall–Kier alpha value is -4.72. The van der Waals surface area contributed by atoms with Gasteiger partial charge in [-0.05, 0) is 49.7 Å². The number of methoxy groups -OCH3 is 1. The SMILES string of the molecule is COc1ccccc1-c1cc(NC(=O)CCn2cnc3c(C)cccc3c2=O)n(-c2ccc(C)cc2)n1. The number of hydrogen-bond acceptors (Lipinski definition) is 5. The Bertz CT molecular complexity index is 1650. The topological polar surface area (TPSA) is 91.0 Å². The average Bonchev–Trinajstić information content (AvgIpc) is 3.32. The van der Waals surface area contributed by atoms with E-state index >= 15 is 0 Å². The van der Waals surface area contributed by atoms with Crippen molar-refractivity contribution in [1.82, 2.24) is 19.3 Å². The number of carbonyl (C=O) groups is 1. The normalized spacial score (nSPS) is 11.0. The molecule has 0 fully saturated rings. The van der Waals surface area contributed by atoms with E-state index < -0.39 is 0 Å². The molecule has 0 atom stereocenters. The molecule has 5 rings (SSSR count). The van der Waals surface area contributed by atoms with E-state index in [1.165, 1.54) is 10.9 Å². The lowest BCUT2D eigenvalue weighted by Gasteiger charge is -2.10. The van der Waals surface area contributed by atoms with E-state index in [4.69, 9.17) is 9.84 Å². The smallest absolute Gasteiger partial charge is 0.261 e. The molecule has 0 unspecified atom stereocenters. The molecule has 8 nitrogen and oxygen atoms in total. The molecule has 37 heavy (non-hydrogen) atoms. The lowest BCUT2D eigenvalue weighted by molar-refractivity contribution is -0.116. The third kappa shape index (κ3) is 4.86. The van der Waals surface area contributed by atoms with Crippen LogP contribution in [0.15, 0.2) is 83.9 Å². The van der Waals surface area contributed by atoms with Crippen molar-refractivity contribution in [3.8, 4) is 22.7 Å². The molecule has 2 aromatic heterocycles. The van der Waals surface area contributed by atoms with E-state index in [-0.39, 0.29) is 24.4 Å². The number of carbonyl (C=O) groups excluding carboxylic acids is 1. The third-order valence-corrected chi connectivity index (χ3v) is 6.27. The summed E-state index contributed by atoms with van der Waals surface area (Å²) >= 11 is 0. The van der Waals surface area contributed by atoms with Crippen LogP contribution in [0.4, 0.5) is 5.82 Å². The molecule has 1 N–H and O–H groups in total. The molecule has 0 aliphatic carbocycles. The maximum Gasteiger partial charge on any atom is 0.261 e. The fourth-order valence-corrected chi connectivity index (χ4v) is 4.26. The molecule has 0 spiro atoms. The fraction of sp³-hybridized carbons (Fsp3) is 0.172. The number of nitrogens with one attached hydrogen (secondary N) is 1. The second-order valence-electron chi connectivity index (χ2n) is 8.87. The lowest BCUT2D eigenvalue weighted by atomic mass is 10.1. The first kappa shape index (κ1) is 24.0. The van der Waals surface area contributed by atoms with Crippen molar-refractivity contribution in [3.63, 3.8) is 0 Å². The highest BCUT2D eigenvalue weighted by Crippen LogP contribution is 2.31. The average molecular weight is 494 g/mol. The highest BCUT2D eigenvalue weighted by Gasteiger charge is 2.16. The van der Waals surface area contributed by atoms with E-state index in [2.05, 4.69) is 10.3 Å². The maximum atomic E-state index is 13.0. The van der Waals surface area contributed by atoms with Gasteiger partial charge in [0.15, 0.2) is 0 Å². The number of benzene rings is 3. The van der Waals surface area contributed by atoms with Crippen molar-refractivity contribution in [2.45, 2.75) is 26.8 Å². The van der Waals surface area contributed by atoms with Crippen LogP contribution < -0.4 is 15.6 Å². The summed E-state index contributed by atoms with van der Waals surface area (Å²) in [5.74, 6) is 0.970. The van der Waals surface area contributed by atoms with E-state index in [1.807, 2.05) is 80.6 Å². The Balaban J connectivity index is 1.42. The van der Waals surface area contributed by atoms with Crippen LogP contribution in [-0.4, -0.2) is 32.3 Å². The van der Waals surface area contributed by atoms with Crippen molar-refractivity contribution < 1.29 is 9.53 Å². The lowest BCUT2D eigenvalue weighted by Crippen LogP contribution is -2.24. The number of amides is 1. The molecule has 0 radical (unpaired) electrons. The van der Waals surface area contributed by atoms with Crippen LogP contribution in [0.5, 0.6) is 5.75 Å². The summed E-state index contributed by atoms with van der Waals surface area (Å²) in [6.07, 6.45) is 1.60. The number of aromatic nitrogens is 4. The van der Waals surface area contributed by atoms with Gasteiger partial charge >= 0.3 is 0 Å². The zero-order valence-corrected chi connectivity index (χ0v) is 20.9. The number of ether oxygens (including phenoxy) is 1. The first-order chi connectivity index (χ1) is 17.9. The number of aryl methyl sites for hydroxylation is 3. The summed E-state index contributed by atoms with van der Waals surface area (Å²) in [6, 6.07) is 22.8. The first-order valence-corrected chi connectivity index (χ1v) is 12.0. The van der Waals surface area contributed by atoms with Crippen molar-refractivity contribution in [2.75, 3.05) is 12.4 Å². The van der Waals surface area contributed by atoms with Crippen molar-refractivity contribution in [1.29, 1.82) is 0 Å². The number of anilines is 1. The van der Waals surface area contributed by atoms with Crippen molar-refractivity contribution >= 4 is 22.6 Å². The summed E-state index contributed by atoms with van der Waals surface area (Å²) in [6.45, 7) is 4.14. The molecule has 1 amide bonds. The van der Waals surface area contributed by atoms with E-state index in [1.54, 1.807) is 17.9 Å². The monoisotopic (exact) mass is 493 g/mol. The molecule has 0 aliphatic rings. The predicted molar refractivity (Wildman–Crippen MR) is 144 cm³/mol. The van der Waals surface area contributed by atoms with Crippen LogP contribution in [0.1, 0.15) is 17.5 Å². The Morgan fingerprint density at radius 1 is 1.00 bits per heavy atom. The number of nitrogens with zero attached hydrogens (tertiary/aromatic N) is 4. The van der Waals surface area contributed by atoms with Gasteiger partial charge in [0.2, 0.25) is 5.91 Å². The van der Waals surface area contributed by atoms with Crippen LogP contribution in [0.3, 0.4) is 0 Å². The number of rotatable bonds is 7. The summed E-state index contributed by atoms with van der Waals surface area (Å²) in [5, 5.41) is 8.29. The quantitative estimate of drug-likeness (QED) is 0.348. The van der Waals surface area contributed by atoms with Gasteiger partial charge in [0.05, 0.1) is 35.7 Å². The van der Waals surface area contributed by atoms with Gasteiger partial charge in [-0.1, -0.05) is 42.0 Å². The summed E-state index contributed by atoms with van der Waals surface area (Å²) in [4.78, 5) is 30.3. The van der Waals surface area contributed by atoms with Gasteiger partial charge in [0.25, 0.3) is 5.56 Å². The Labute approximate surface area is 214 Å². The van der Waals surface area contributed by atoms with Gasteiger partial charge < -0.3 is 10.1 Å². The van der Waals surface area contributed by atoms with Gasteiger partial charge in [-0.15, -0.1) is 0 Å². The molecule has 5 aromatic rings. The Kier molecular flexibility index (Phi) is 6.55. The highest BCUT2D eigenvalue weighted by atomic mass is 16.5. The van der Waals surface area contributed by atoms with Crippen LogP contribution >= 0.6 is 0 Å². The minimum Gasteiger partial charge on any atom is -0.496 e. The molecule has 0 bridgehead atoms. The van der Waals surface area contributed by atoms with Gasteiger partial charge in [-0.25, -0.2) is 9.67 Å². The minimum atomic E-state index is -0.240. The van der Waals surface area contributed by atoms with E-state index in [9.17, 15) is 9.59 Å². The van der Waals surface area contributed by atoms with Crippen molar-refractivity contribution in [3.05, 3.63) is 101 Å². The molecular formula is C29H27N5O3. The molecule has 8 heteroatoms. The fourth-order valence-electron chi connectivity index (χ4n) is 4.26. The third-order valence-electron chi connectivity index (χ3n) is 6.27. The molecule has 186 valence electrons. The standard InChI is InChI=1S/C29H27N5O3/c1-19-11-13-21(14-12-19)34-26(17-24(32-34)22-8-4-5-10-25(22)37-3)31-27(35)15-16-33-18-30-28-20(2)7-6-9-23(28)29(33)36/h4-14,17-18H,15-16H2,1-3H3,(H,31,35). The van der Waals surface area contributed by atoms with Crippen LogP contribution in [0.2, 0.25) is 0 Å². The molecular weight excluding hydrogens is 466 g/mol. The van der Waals surface area contributed by atoms with Gasteiger partial charge in [0, 0.05) is 24.6 Å². The first-order valence-electron chi connectivity index (χ1n) is 12.0. The molecule has 3 aromatic carbocycles. The largest absolute Gasteiger partial charge is 0.496 e. The number of hydrogen-bond donors (Lipinski definition) is 1. The highest BCUT2D eigenvalue weighted by molar-refractivity contribution is 5.91. The molecule has 0 saturated carbocycles. The van der Waals surface area contributed by atoms with Crippen molar-refractivity contribution in [2.24, 2.45) is 0 Å². The van der Waals surface area contributed by atoms with Crippen LogP contribution in [0, 0.1) is 13.8 Å². The summed E-state index contributed by atoms with van der Waals surface area (Å²) in [7, 11) is 1.61. The Morgan fingerprint density at radius 2 is 1.78 bits per heavy atom. The number of fused-ring (bicyclic) bond motifs is 1. The predicted octanol–water partition coefficient (Wildman–Crippen LogP) is 4.90. The second-order valence-corrected chi connectivity index (χ2v) is 8.87. The molecule has 0 aliphatic heterocycles. The second kappa shape index (κ2) is 10.1. The van der Waals surface area contributed by atoms with E-state index in [0.29, 0.717) is 28.2 Å². The minimum absolute atomic E-state index is 0.0992. The van der Waals surface area contributed by atoms with E-state index in [0.717, 1.165) is 22.4 Å². The molecule has 2 heterocycles. The zero-order valence-electron chi connectivity index (χ0n) is 20.9. The summed E-state index contributed by atoms with van der Waals surface area (Å²) in [5.41, 5.74) is 4.87. The summed E-state index contributed by atoms with van der Waals surface area (Å²) < 4.78 is 8.68. The zero-order chi connectivity index (χ0) is 25.9.